The van der Waals surface area contributed by atoms with Gasteiger partial charge in [0.1, 0.15) is 13.2 Å². The van der Waals surface area contributed by atoms with Gasteiger partial charge in [-0.15, -0.1) is 0 Å². The molecule has 0 spiro atoms. The molecule has 0 saturated carbocycles. The fraction of sp³-hybridized carbons (Fsp3) is 0.250. The smallest absolute Gasteiger partial charge is 0.307 e. The topological polar surface area (TPSA) is 66.5 Å². The van der Waals surface area contributed by atoms with E-state index in [1.807, 2.05) is 6.07 Å². The molecule has 18 heavy (non-hydrogen) atoms. The summed E-state index contributed by atoms with van der Waals surface area (Å²) >= 11 is 1.17. The predicted molar refractivity (Wildman–Crippen MR) is 69.5 cm³/mol. The van der Waals surface area contributed by atoms with E-state index in [-0.39, 0.29) is 4.87 Å². The van der Waals surface area contributed by atoms with Gasteiger partial charge in [0.05, 0.1) is 6.54 Å². The van der Waals surface area contributed by atoms with Crippen LogP contribution in [0.25, 0.3) is 0 Å². The van der Waals surface area contributed by atoms with E-state index in [0.717, 1.165) is 5.56 Å². The Bertz CT molecular complexity index is 632. The molecule has 0 bridgehead atoms. The number of aromatic nitrogens is 1. The second-order valence-electron chi connectivity index (χ2n) is 3.99. The third kappa shape index (κ3) is 1.95. The molecule has 0 atom stereocenters. The number of anilines is 1. The SMILES string of the molecule is Nc1cc2c(cc1Cn1ccsc1=O)OCCO2. The van der Waals surface area contributed by atoms with E-state index in [9.17, 15) is 4.79 Å². The number of ether oxygens (including phenoxy) is 2. The number of hydrogen-bond donors (Lipinski definition) is 1. The first kappa shape index (κ1) is 11.2. The molecule has 0 amide bonds. The highest BCUT2D eigenvalue weighted by molar-refractivity contribution is 7.07. The zero-order chi connectivity index (χ0) is 12.5. The van der Waals surface area contributed by atoms with Crippen molar-refractivity contribution < 1.29 is 9.47 Å². The molecule has 6 heteroatoms. The molecule has 2 heterocycles. The van der Waals surface area contributed by atoms with Crippen molar-refractivity contribution in [2.45, 2.75) is 6.54 Å². The van der Waals surface area contributed by atoms with Crippen LogP contribution in [-0.2, 0) is 6.54 Å². The summed E-state index contributed by atoms with van der Waals surface area (Å²) in [5, 5.41) is 1.76. The monoisotopic (exact) mass is 264 g/mol. The van der Waals surface area contributed by atoms with Crippen LogP contribution in [-0.4, -0.2) is 17.8 Å². The molecule has 0 saturated heterocycles. The van der Waals surface area contributed by atoms with E-state index in [4.69, 9.17) is 15.2 Å². The van der Waals surface area contributed by atoms with Gasteiger partial charge in [0.25, 0.3) is 0 Å². The van der Waals surface area contributed by atoms with Crippen LogP contribution >= 0.6 is 11.3 Å². The lowest BCUT2D eigenvalue weighted by Crippen LogP contribution is -2.17. The van der Waals surface area contributed by atoms with Crippen molar-refractivity contribution in [3.8, 4) is 11.5 Å². The van der Waals surface area contributed by atoms with Crippen molar-refractivity contribution in [3.05, 3.63) is 38.9 Å². The van der Waals surface area contributed by atoms with E-state index < -0.39 is 0 Å². The van der Waals surface area contributed by atoms with Gasteiger partial charge in [0.15, 0.2) is 11.5 Å². The number of nitrogen functional groups attached to an aromatic ring is 1. The number of hydrogen-bond acceptors (Lipinski definition) is 5. The van der Waals surface area contributed by atoms with E-state index >= 15 is 0 Å². The lowest BCUT2D eigenvalue weighted by atomic mass is 10.1. The van der Waals surface area contributed by atoms with Crippen LogP contribution < -0.4 is 20.1 Å². The summed E-state index contributed by atoms with van der Waals surface area (Å²) in [7, 11) is 0. The van der Waals surface area contributed by atoms with Crippen LogP contribution in [0.1, 0.15) is 5.56 Å². The Balaban J connectivity index is 1.97. The molecular formula is C12H12N2O3S. The van der Waals surface area contributed by atoms with Gasteiger partial charge in [-0.25, -0.2) is 0 Å². The molecule has 0 unspecified atom stereocenters. The average Bonchev–Trinajstić information content (AvgIpc) is 2.76. The first-order valence-electron chi connectivity index (χ1n) is 5.56. The van der Waals surface area contributed by atoms with Crippen LogP contribution in [0.15, 0.2) is 28.5 Å². The summed E-state index contributed by atoms with van der Waals surface area (Å²) in [4.78, 5) is 11.5. The van der Waals surface area contributed by atoms with Gasteiger partial charge >= 0.3 is 4.87 Å². The highest BCUT2D eigenvalue weighted by atomic mass is 32.1. The van der Waals surface area contributed by atoms with E-state index in [1.165, 1.54) is 11.3 Å². The van der Waals surface area contributed by atoms with Crippen LogP contribution in [0.2, 0.25) is 0 Å². The number of nitrogens with zero attached hydrogens (tertiary/aromatic N) is 1. The number of thiazole rings is 1. The van der Waals surface area contributed by atoms with Gasteiger partial charge in [-0.2, -0.15) is 0 Å². The maximum atomic E-state index is 11.5. The molecule has 1 aliphatic heterocycles. The summed E-state index contributed by atoms with van der Waals surface area (Å²) in [6.45, 7) is 1.52. The Labute approximate surface area is 107 Å². The lowest BCUT2D eigenvalue weighted by Gasteiger charge is -2.20. The molecular weight excluding hydrogens is 252 g/mol. The fourth-order valence-electron chi connectivity index (χ4n) is 1.87. The summed E-state index contributed by atoms with van der Waals surface area (Å²) in [5.74, 6) is 1.36. The van der Waals surface area contributed by atoms with E-state index in [1.54, 1.807) is 22.2 Å². The van der Waals surface area contributed by atoms with Crippen molar-refractivity contribution >= 4 is 17.0 Å². The molecule has 0 aliphatic carbocycles. The van der Waals surface area contributed by atoms with Crippen LogP contribution in [0.4, 0.5) is 5.69 Å². The van der Waals surface area contributed by atoms with Gasteiger partial charge < -0.3 is 19.8 Å². The quantitative estimate of drug-likeness (QED) is 0.831. The van der Waals surface area contributed by atoms with Gasteiger partial charge in [0, 0.05) is 23.3 Å². The maximum absolute atomic E-state index is 11.5. The Morgan fingerprint density at radius 3 is 2.67 bits per heavy atom. The van der Waals surface area contributed by atoms with Gasteiger partial charge in [-0.3, -0.25) is 4.79 Å². The summed E-state index contributed by atoms with van der Waals surface area (Å²) in [6, 6.07) is 3.59. The zero-order valence-electron chi connectivity index (χ0n) is 9.59. The predicted octanol–water partition coefficient (Wildman–Crippen LogP) is 1.31. The third-order valence-electron chi connectivity index (χ3n) is 2.79. The molecule has 94 valence electrons. The minimum atomic E-state index is 0.00397. The minimum absolute atomic E-state index is 0.00397. The van der Waals surface area contributed by atoms with Crippen molar-refractivity contribution in [2.75, 3.05) is 18.9 Å². The summed E-state index contributed by atoms with van der Waals surface area (Å²) in [5.41, 5.74) is 7.43. The first-order chi connectivity index (χ1) is 8.74. The minimum Gasteiger partial charge on any atom is -0.486 e. The van der Waals surface area contributed by atoms with Crippen LogP contribution in [0.3, 0.4) is 0 Å². The van der Waals surface area contributed by atoms with Crippen molar-refractivity contribution in [2.24, 2.45) is 0 Å². The molecule has 0 radical (unpaired) electrons. The number of rotatable bonds is 2. The number of benzene rings is 1. The van der Waals surface area contributed by atoms with Crippen molar-refractivity contribution in [3.63, 3.8) is 0 Å². The second kappa shape index (κ2) is 4.38. The third-order valence-corrected chi connectivity index (χ3v) is 3.48. The van der Waals surface area contributed by atoms with Crippen LogP contribution in [0, 0.1) is 0 Å². The maximum Gasteiger partial charge on any atom is 0.307 e. The molecule has 1 aliphatic rings. The Hall–Kier alpha value is -1.95. The molecule has 3 rings (SSSR count). The standard InChI is InChI=1S/C12H12N2O3S/c13-9-6-11-10(16-2-3-17-11)5-8(9)7-14-1-4-18-12(14)15/h1,4-6H,2-3,7,13H2. The molecule has 1 aromatic carbocycles. The summed E-state index contributed by atoms with van der Waals surface area (Å²) in [6.07, 6.45) is 1.75. The Kier molecular flexibility index (Phi) is 2.71. The first-order valence-corrected chi connectivity index (χ1v) is 6.44. The summed E-state index contributed by atoms with van der Waals surface area (Å²) < 4.78 is 12.6. The average molecular weight is 264 g/mol. The number of fused-ring (bicyclic) bond motifs is 1. The van der Waals surface area contributed by atoms with Crippen molar-refractivity contribution in [1.29, 1.82) is 0 Å². The molecule has 2 aromatic rings. The Morgan fingerprint density at radius 1 is 1.28 bits per heavy atom. The fourth-order valence-corrected chi connectivity index (χ4v) is 2.46. The molecule has 1 aromatic heterocycles. The van der Waals surface area contributed by atoms with Gasteiger partial charge in [-0.1, -0.05) is 11.3 Å². The molecule has 2 N–H and O–H groups in total. The van der Waals surface area contributed by atoms with E-state index in [0.29, 0.717) is 36.9 Å². The number of nitrogens with two attached hydrogens (primary N) is 1. The largest absolute Gasteiger partial charge is 0.486 e. The van der Waals surface area contributed by atoms with Gasteiger partial charge in [-0.05, 0) is 11.6 Å². The van der Waals surface area contributed by atoms with Gasteiger partial charge in [0.2, 0.25) is 0 Å². The highest BCUT2D eigenvalue weighted by Crippen LogP contribution is 2.34. The normalized spacial score (nSPS) is 13.6. The van der Waals surface area contributed by atoms with Crippen LogP contribution in [0.5, 0.6) is 11.5 Å². The lowest BCUT2D eigenvalue weighted by molar-refractivity contribution is 0.171. The van der Waals surface area contributed by atoms with E-state index in [2.05, 4.69) is 0 Å². The Morgan fingerprint density at radius 2 is 2.00 bits per heavy atom. The zero-order valence-corrected chi connectivity index (χ0v) is 10.4. The second-order valence-corrected chi connectivity index (χ2v) is 4.85. The van der Waals surface area contributed by atoms with Crippen molar-refractivity contribution in [1.82, 2.24) is 4.57 Å². The molecule has 0 fully saturated rings. The molecule has 5 nitrogen and oxygen atoms in total. The highest BCUT2D eigenvalue weighted by Gasteiger charge is 2.15.